The third kappa shape index (κ3) is 4.11. The van der Waals surface area contributed by atoms with E-state index >= 15 is 0 Å². The van der Waals surface area contributed by atoms with Gasteiger partial charge in [-0.3, -0.25) is 0 Å². The number of nitrogens with zero attached hydrogens (tertiary/aromatic N) is 1. The van der Waals surface area contributed by atoms with Gasteiger partial charge >= 0.3 is 0 Å². The molecule has 10 aromatic rings. The van der Waals surface area contributed by atoms with Crippen molar-refractivity contribution in [1.82, 2.24) is 0 Å². The number of thiophene rings is 1. The van der Waals surface area contributed by atoms with Crippen molar-refractivity contribution in [2.45, 2.75) is 5.41 Å². The zero-order valence-electron chi connectivity index (χ0n) is 28.2. The SMILES string of the molecule is c1ccc(N(c2ccc3sc4ccccc4c3c2)c2cccc3c2oc2cc4c(cc23)-c2ccccc2C4(c2ccccc2)c2ccccc2)cc1. The van der Waals surface area contributed by atoms with Gasteiger partial charge in [-0.2, -0.15) is 0 Å². The predicted octanol–water partition coefficient (Wildman–Crippen LogP) is 13.8. The van der Waals surface area contributed by atoms with Crippen LogP contribution in [0, 0.1) is 0 Å². The van der Waals surface area contributed by atoms with Gasteiger partial charge in [0.25, 0.3) is 0 Å². The van der Waals surface area contributed by atoms with Gasteiger partial charge in [-0.15, -0.1) is 11.3 Å². The number of fused-ring (bicyclic) bond motifs is 9. The molecule has 11 rings (SSSR count). The largest absolute Gasteiger partial charge is 0.454 e. The van der Waals surface area contributed by atoms with Crippen molar-refractivity contribution in [1.29, 1.82) is 0 Å². The molecular formula is C49H31NOS. The van der Waals surface area contributed by atoms with Crippen LogP contribution in [0.4, 0.5) is 17.1 Å². The summed E-state index contributed by atoms with van der Waals surface area (Å²) in [7, 11) is 0. The number of hydrogen-bond donors (Lipinski definition) is 0. The number of rotatable bonds is 5. The molecule has 0 unspecified atom stereocenters. The van der Waals surface area contributed by atoms with Gasteiger partial charge in [-0.1, -0.05) is 133 Å². The molecule has 52 heavy (non-hydrogen) atoms. The normalized spacial score (nSPS) is 13.2. The molecule has 0 bridgehead atoms. The summed E-state index contributed by atoms with van der Waals surface area (Å²) in [5.41, 5.74) is 12.0. The van der Waals surface area contributed by atoms with E-state index < -0.39 is 5.41 Å². The average Bonchev–Trinajstić information content (AvgIpc) is 3.86. The van der Waals surface area contributed by atoms with E-state index in [1.54, 1.807) is 0 Å². The van der Waals surface area contributed by atoms with Crippen LogP contribution in [-0.4, -0.2) is 0 Å². The van der Waals surface area contributed by atoms with E-state index in [0.29, 0.717) is 0 Å². The molecule has 2 heterocycles. The van der Waals surface area contributed by atoms with E-state index in [-0.39, 0.29) is 0 Å². The van der Waals surface area contributed by atoms with Crippen molar-refractivity contribution in [2.24, 2.45) is 0 Å². The Morgan fingerprint density at radius 1 is 0.423 bits per heavy atom. The monoisotopic (exact) mass is 681 g/mol. The van der Waals surface area contributed by atoms with E-state index in [0.717, 1.165) is 39.0 Å². The maximum atomic E-state index is 7.10. The highest BCUT2D eigenvalue weighted by atomic mass is 32.1. The molecule has 1 aliphatic carbocycles. The van der Waals surface area contributed by atoms with Gasteiger partial charge in [-0.25, -0.2) is 0 Å². The van der Waals surface area contributed by atoms with Gasteiger partial charge in [0.15, 0.2) is 5.58 Å². The van der Waals surface area contributed by atoms with Gasteiger partial charge < -0.3 is 9.32 Å². The van der Waals surface area contributed by atoms with E-state index in [1.165, 1.54) is 53.6 Å². The van der Waals surface area contributed by atoms with Crippen molar-refractivity contribution >= 4 is 70.5 Å². The van der Waals surface area contributed by atoms with Crippen molar-refractivity contribution in [3.05, 3.63) is 210 Å². The number of para-hydroxylation sites is 2. The Balaban J connectivity index is 1.18. The van der Waals surface area contributed by atoms with Crippen LogP contribution in [0.3, 0.4) is 0 Å². The lowest BCUT2D eigenvalue weighted by Crippen LogP contribution is -2.28. The molecule has 0 amide bonds. The van der Waals surface area contributed by atoms with Crippen molar-refractivity contribution in [3.8, 4) is 11.1 Å². The number of benzene rings is 8. The van der Waals surface area contributed by atoms with Crippen molar-refractivity contribution in [3.63, 3.8) is 0 Å². The second-order valence-electron chi connectivity index (χ2n) is 13.6. The first-order valence-corrected chi connectivity index (χ1v) is 18.6. The minimum atomic E-state index is -0.487. The summed E-state index contributed by atoms with van der Waals surface area (Å²) in [5.74, 6) is 0. The molecule has 244 valence electrons. The fourth-order valence-corrected chi connectivity index (χ4v) is 9.84. The Kier molecular flexibility index (Phi) is 6.37. The zero-order chi connectivity index (χ0) is 34.2. The van der Waals surface area contributed by atoms with E-state index in [2.05, 4.69) is 193 Å². The number of hydrogen-bond acceptors (Lipinski definition) is 3. The minimum Gasteiger partial charge on any atom is -0.454 e. The summed E-state index contributed by atoms with van der Waals surface area (Å²) in [4.78, 5) is 2.35. The zero-order valence-corrected chi connectivity index (χ0v) is 29.0. The first kappa shape index (κ1) is 29.3. The molecule has 0 spiro atoms. The van der Waals surface area contributed by atoms with Crippen LogP contribution in [0.5, 0.6) is 0 Å². The van der Waals surface area contributed by atoms with Crippen LogP contribution >= 0.6 is 11.3 Å². The van der Waals surface area contributed by atoms with E-state index in [4.69, 9.17) is 4.42 Å². The van der Waals surface area contributed by atoms with Crippen LogP contribution in [0.25, 0.3) is 53.2 Å². The summed E-state index contributed by atoms with van der Waals surface area (Å²) in [6.07, 6.45) is 0. The highest BCUT2D eigenvalue weighted by Gasteiger charge is 2.46. The summed E-state index contributed by atoms with van der Waals surface area (Å²) in [6, 6.07) is 68.3. The molecule has 1 aliphatic rings. The summed E-state index contributed by atoms with van der Waals surface area (Å²) >= 11 is 1.84. The third-order valence-corrected chi connectivity index (χ3v) is 12.1. The van der Waals surface area contributed by atoms with Crippen LogP contribution in [0.15, 0.2) is 192 Å². The molecule has 0 fully saturated rings. The lowest BCUT2D eigenvalue weighted by molar-refractivity contribution is 0.666. The Morgan fingerprint density at radius 2 is 1.08 bits per heavy atom. The molecule has 0 N–H and O–H groups in total. The van der Waals surface area contributed by atoms with Gasteiger partial charge in [0.05, 0.1) is 11.1 Å². The maximum Gasteiger partial charge on any atom is 0.159 e. The predicted molar refractivity (Wildman–Crippen MR) is 219 cm³/mol. The Hall–Kier alpha value is -6.42. The second-order valence-corrected chi connectivity index (χ2v) is 14.7. The minimum absolute atomic E-state index is 0.487. The van der Waals surface area contributed by atoms with Crippen molar-refractivity contribution in [2.75, 3.05) is 4.90 Å². The molecule has 3 heteroatoms. The van der Waals surface area contributed by atoms with Crippen LogP contribution in [0.2, 0.25) is 0 Å². The van der Waals surface area contributed by atoms with Crippen LogP contribution < -0.4 is 4.90 Å². The average molecular weight is 682 g/mol. The quantitative estimate of drug-likeness (QED) is 0.180. The maximum absolute atomic E-state index is 7.10. The van der Waals surface area contributed by atoms with E-state index in [9.17, 15) is 0 Å². The number of furan rings is 1. The molecule has 0 radical (unpaired) electrons. The smallest absolute Gasteiger partial charge is 0.159 e. The summed E-state index contributed by atoms with van der Waals surface area (Å²) in [5, 5.41) is 4.78. The van der Waals surface area contributed by atoms with Gasteiger partial charge in [0, 0.05) is 42.3 Å². The van der Waals surface area contributed by atoms with Crippen molar-refractivity contribution < 1.29 is 4.42 Å². The molecule has 0 saturated heterocycles. The highest BCUT2D eigenvalue weighted by molar-refractivity contribution is 7.25. The lowest BCUT2D eigenvalue weighted by Gasteiger charge is -2.33. The molecule has 0 saturated carbocycles. The second kappa shape index (κ2) is 11.3. The first-order valence-electron chi connectivity index (χ1n) is 17.8. The van der Waals surface area contributed by atoms with Gasteiger partial charge in [0.2, 0.25) is 0 Å². The Morgan fingerprint density at radius 3 is 1.87 bits per heavy atom. The fourth-order valence-electron chi connectivity index (χ4n) is 8.75. The lowest BCUT2D eigenvalue weighted by atomic mass is 9.67. The first-order chi connectivity index (χ1) is 25.8. The fraction of sp³-hybridized carbons (Fsp3) is 0.0204. The third-order valence-electron chi connectivity index (χ3n) is 10.9. The summed E-state index contributed by atoms with van der Waals surface area (Å²) in [6.45, 7) is 0. The molecule has 2 aromatic heterocycles. The highest BCUT2D eigenvalue weighted by Crippen LogP contribution is 2.57. The standard InChI is InChI=1S/C49H31NOS/c1-4-15-32(16-5-1)49(33-17-6-2-7-18-33)42-24-12-10-21-36(42)39-30-40-38-23-14-25-44(48(38)51-45(40)31-43(39)49)50(34-19-8-3-9-20-34)35-27-28-47-41(29-35)37-22-11-13-26-46(37)52-47/h1-31H. The molecule has 2 nitrogen and oxygen atoms in total. The van der Waals surface area contributed by atoms with Gasteiger partial charge in [-0.05, 0) is 88.0 Å². The van der Waals surface area contributed by atoms with Crippen LogP contribution in [0.1, 0.15) is 22.3 Å². The van der Waals surface area contributed by atoms with Gasteiger partial charge in [0.1, 0.15) is 5.58 Å². The van der Waals surface area contributed by atoms with E-state index in [1.807, 2.05) is 11.3 Å². The topological polar surface area (TPSA) is 16.4 Å². The van der Waals surface area contributed by atoms with Crippen LogP contribution in [-0.2, 0) is 5.41 Å². The molecule has 8 aromatic carbocycles. The Labute approximate surface area is 305 Å². The number of anilines is 3. The molecule has 0 atom stereocenters. The summed E-state index contributed by atoms with van der Waals surface area (Å²) < 4.78 is 9.69. The Bertz CT molecular complexity index is 2920. The molecule has 0 aliphatic heterocycles. The molecular weight excluding hydrogens is 651 g/mol.